The maximum atomic E-state index is 12.0. The van der Waals surface area contributed by atoms with Crippen LogP contribution in [0.4, 0.5) is 0 Å². The van der Waals surface area contributed by atoms with E-state index in [-0.39, 0.29) is 5.69 Å². The molecule has 0 saturated carbocycles. The number of H-pyrrole nitrogens is 1. The van der Waals surface area contributed by atoms with E-state index in [1.165, 1.54) is 9.13 Å². The first-order valence-corrected chi connectivity index (χ1v) is 9.06. The van der Waals surface area contributed by atoms with Crippen LogP contribution in [-0.4, -0.2) is 74.4 Å². The summed E-state index contributed by atoms with van der Waals surface area (Å²) in [6.45, 7) is 5.55. The van der Waals surface area contributed by atoms with Gasteiger partial charge in [-0.15, -0.1) is 0 Å². The summed E-state index contributed by atoms with van der Waals surface area (Å²) in [5.41, 5.74) is 1.23. The van der Waals surface area contributed by atoms with E-state index < -0.39 is 0 Å². The number of fused-ring (bicyclic) bond motifs is 1. The molecular formula is C14H22N6OS2. The molecule has 1 aliphatic rings. The summed E-state index contributed by atoms with van der Waals surface area (Å²) >= 11 is 7.01. The fourth-order valence-electron chi connectivity index (χ4n) is 2.72. The van der Waals surface area contributed by atoms with Gasteiger partial charge in [0.25, 0.3) is 0 Å². The highest BCUT2D eigenvalue weighted by atomic mass is 32.2. The number of nitrogens with one attached hydrogen (secondary N) is 1. The van der Waals surface area contributed by atoms with E-state index >= 15 is 0 Å². The van der Waals surface area contributed by atoms with Gasteiger partial charge in [0.15, 0.2) is 10.8 Å². The number of aromatic amines is 1. The van der Waals surface area contributed by atoms with Crippen LogP contribution in [0.25, 0.3) is 11.2 Å². The summed E-state index contributed by atoms with van der Waals surface area (Å²) in [5.74, 6) is 0.969. The Balaban J connectivity index is 1.70. The third-order valence-corrected chi connectivity index (χ3v) is 5.65. The predicted octanol–water partition coefficient (Wildman–Crippen LogP) is 0.669. The number of rotatable bonds is 4. The third-order valence-electron chi connectivity index (χ3n) is 4.32. The number of nitrogens with zero attached hydrogens (tertiary/aromatic N) is 5. The van der Waals surface area contributed by atoms with E-state index in [2.05, 4.69) is 26.8 Å². The first kappa shape index (κ1) is 16.7. The molecule has 3 rings (SSSR count). The van der Waals surface area contributed by atoms with Crippen molar-refractivity contribution in [2.24, 2.45) is 14.1 Å². The van der Waals surface area contributed by atoms with E-state index in [1.54, 1.807) is 25.9 Å². The van der Waals surface area contributed by atoms with Gasteiger partial charge in [0.1, 0.15) is 10.2 Å². The van der Waals surface area contributed by atoms with Gasteiger partial charge >= 0.3 is 5.69 Å². The maximum absolute atomic E-state index is 12.0. The number of hydrogen-bond acceptors (Lipinski definition) is 6. The third kappa shape index (κ3) is 3.37. The number of likely N-dealkylation sites (N-methyl/N-ethyl adjacent to an activating group) is 1. The van der Waals surface area contributed by atoms with Crippen molar-refractivity contribution < 1.29 is 0 Å². The van der Waals surface area contributed by atoms with Crippen LogP contribution in [0.2, 0.25) is 0 Å². The van der Waals surface area contributed by atoms with Crippen LogP contribution in [0.1, 0.15) is 0 Å². The molecule has 0 aliphatic carbocycles. The van der Waals surface area contributed by atoms with E-state index in [0.29, 0.717) is 10.3 Å². The summed E-state index contributed by atoms with van der Waals surface area (Å²) < 4.78 is 3.50. The summed E-state index contributed by atoms with van der Waals surface area (Å²) in [6, 6.07) is 0. The van der Waals surface area contributed by atoms with E-state index in [0.717, 1.165) is 49.1 Å². The standard InChI is InChI=1S/C14H22N6OS2/c1-17-4-6-20(7-5-17)8-9-23-13-15-10-11(16-13)18(2)14(21)19(3)12(10)22/h4-9H2,1-3H3,(H,15,16). The molecule has 126 valence electrons. The molecule has 9 heteroatoms. The van der Waals surface area contributed by atoms with Gasteiger partial charge in [-0.05, 0) is 7.05 Å². The van der Waals surface area contributed by atoms with Crippen LogP contribution in [-0.2, 0) is 14.1 Å². The molecule has 7 nitrogen and oxygen atoms in total. The van der Waals surface area contributed by atoms with Crippen molar-refractivity contribution in [3.63, 3.8) is 0 Å². The molecule has 0 spiro atoms. The molecule has 0 atom stereocenters. The van der Waals surface area contributed by atoms with Gasteiger partial charge < -0.3 is 9.88 Å². The number of hydrogen-bond donors (Lipinski definition) is 1. The molecule has 2 aromatic rings. The highest BCUT2D eigenvalue weighted by Gasteiger charge is 2.15. The van der Waals surface area contributed by atoms with Crippen LogP contribution >= 0.6 is 24.0 Å². The zero-order valence-corrected chi connectivity index (χ0v) is 15.3. The van der Waals surface area contributed by atoms with Crippen LogP contribution in [0.3, 0.4) is 0 Å². The number of aromatic nitrogens is 4. The first-order chi connectivity index (χ1) is 11.0. The Bertz CT molecular complexity index is 815. The lowest BCUT2D eigenvalue weighted by atomic mass is 10.3. The molecule has 1 fully saturated rings. The van der Waals surface area contributed by atoms with E-state index in [4.69, 9.17) is 12.2 Å². The number of imidazole rings is 1. The van der Waals surface area contributed by atoms with Crippen LogP contribution < -0.4 is 5.69 Å². The van der Waals surface area contributed by atoms with Crippen molar-refractivity contribution in [3.05, 3.63) is 15.1 Å². The minimum absolute atomic E-state index is 0.150. The van der Waals surface area contributed by atoms with Gasteiger partial charge in [-0.2, -0.15) is 0 Å². The van der Waals surface area contributed by atoms with Gasteiger partial charge in [-0.25, -0.2) is 9.78 Å². The van der Waals surface area contributed by atoms with Gasteiger partial charge in [0.05, 0.1) is 0 Å². The number of thioether (sulfide) groups is 1. The fraction of sp³-hybridized carbons (Fsp3) is 0.643. The largest absolute Gasteiger partial charge is 0.330 e. The highest BCUT2D eigenvalue weighted by molar-refractivity contribution is 7.99. The minimum Gasteiger partial charge on any atom is -0.329 e. The molecule has 0 aromatic carbocycles. The van der Waals surface area contributed by atoms with Crippen molar-refractivity contribution in [2.45, 2.75) is 5.16 Å². The molecule has 1 N–H and O–H groups in total. The predicted molar refractivity (Wildman–Crippen MR) is 95.8 cm³/mol. The number of piperazine rings is 1. The van der Waals surface area contributed by atoms with Crippen molar-refractivity contribution in [1.29, 1.82) is 0 Å². The molecule has 2 aromatic heterocycles. The molecule has 0 radical (unpaired) electrons. The number of aryl methyl sites for hydroxylation is 1. The van der Waals surface area contributed by atoms with Gasteiger partial charge in [0, 0.05) is 52.6 Å². The second-order valence-corrected chi connectivity index (χ2v) is 7.41. The summed E-state index contributed by atoms with van der Waals surface area (Å²) in [6.07, 6.45) is 0. The zero-order valence-electron chi connectivity index (χ0n) is 13.7. The second kappa shape index (κ2) is 6.76. The quantitative estimate of drug-likeness (QED) is 0.643. The summed E-state index contributed by atoms with van der Waals surface area (Å²) in [7, 11) is 5.57. The topological polar surface area (TPSA) is 62.1 Å². The lowest BCUT2D eigenvalue weighted by Gasteiger charge is -2.32. The van der Waals surface area contributed by atoms with Crippen molar-refractivity contribution >= 4 is 35.1 Å². The second-order valence-electron chi connectivity index (χ2n) is 5.94. The van der Waals surface area contributed by atoms with Gasteiger partial charge in [0.2, 0.25) is 0 Å². The Labute approximate surface area is 144 Å². The first-order valence-electron chi connectivity index (χ1n) is 7.67. The smallest absolute Gasteiger partial charge is 0.329 e. The van der Waals surface area contributed by atoms with Crippen molar-refractivity contribution in [3.8, 4) is 0 Å². The monoisotopic (exact) mass is 354 g/mol. The highest BCUT2D eigenvalue weighted by Crippen LogP contribution is 2.19. The maximum Gasteiger partial charge on any atom is 0.330 e. The Morgan fingerprint density at radius 1 is 1.17 bits per heavy atom. The Morgan fingerprint density at radius 3 is 2.57 bits per heavy atom. The molecule has 1 saturated heterocycles. The SMILES string of the molecule is CN1CCN(CCSc2nc3c([nH]2)c(=S)n(C)c(=O)n3C)CC1. The van der Waals surface area contributed by atoms with E-state index in [9.17, 15) is 4.79 Å². The lowest BCUT2D eigenvalue weighted by molar-refractivity contribution is 0.161. The molecule has 0 unspecified atom stereocenters. The Kier molecular flexibility index (Phi) is 4.90. The normalized spacial score (nSPS) is 17.2. The van der Waals surface area contributed by atoms with Crippen LogP contribution in [0.5, 0.6) is 0 Å². The average Bonchev–Trinajstić information content (AvgIpc) is 2.97. The molecule has 23 heavy (non-hydrogen) atoms. The van der Waals surface area contributed by atoms with Gasteiger partial charge in [-0.1, -0.05) is 24.0 Å². The minimum atomic E-state index is -0.150. The fourth-order valence-corrected chi connectivity index (χ4v) is 3.80. The molecule has 0 bridgehead atoms. The van der Waals surface area contributed by atoms with E-state index in [1.807, 2.05) is 0 Å². The zero-order chi connectivity index (χ0) is 16.6. The Hall–Kier alpha value is -1.16. The van der Waals surface area contributed by atoms with Crippen molar-refractivity contribution in [2.75, 3.05) is 45.5 Å². The summed E-state index contributed by atoms with van der Waals surface area (Å²) in [4.78, 5) is 24.7. The lowest BCUT2D eigenvalue weighted by Crippen LogP contribution is -2.45. The molecular weight excluding hydrogens is 332 g/mol. The van der Waals surface area contributed by atoms with Gasteiger partial charge in [-0.3, -0.25) is 14.0 Å². The Morgan fingerprint density at radius 2 is 1.87 bits per heavy atom. The molecule has 1 aliphatic heterocycles. The van der Waals surface area contributed by atoms with Crippen molar-refractivity contribution in [1.82, 2.24) is 28.9 Å². The average molecular weight is 355 g/mol. The summed E-state index contributed by atoms with van der Waals surface area (Å²) in [5, 5.41) is 0.821. The molecule has 3 heterocycles. The van der Waals surface area contributed by atoms with Crippen LogP contribution in [0.15, 0.2) is 9.95 Å². The van der Waals surface area contributed by atoms with Crippen LogP contribution in [0, 0.1) is 4.64 Å². The molecule has 0 amide bonds.